The Morgan fingerprint density at radius 2 is 1.90 bits per heavy atom. The molecule has 1 N–H and O–H groups in total. The minimum Gasteiger partial charge on any atom is -0.326 e. The Morgan fingerprint density at radius 1 is 1.20 bits per heavy atom. The van der Waals surface area contributed by atoms with Crippen molar-refractivity contribution in [2.75, 3.05) is 5.32 Å². The number of hydrogen-bond donors (Lipinski definition) is 1. The summed E-state index contributed by atoms with van der Waals surface area (Å²) in [5.41, 5.74) is 1.49. The third-order valence-corrected chi connectivity index (χ3v) is 3.29. The van der Waals surface area contributed by atoms with Crippen LogP contribution in [0.3, 0.4) is 0 Å². The lowest BCUT2D eigenvalue weighted by Crippen LogP contribution is -2.14. The van der Waals surface area contributed by atoms with E-state index in [0.717, 1.165) is 14.8 Å². The molecule has 0 unspecified atom stereocenters. The zero-order valence-corrected chi connectivity index (χ0v) is 12.5. The highest BCUT2D eigenvalue weighted by Gasteiger charge is 2.07. The van der Waals surface area contributed by atoms with Gasteiger partial charge in [0.1, 0.15) is 0 Å². The number of non-ortho nitro benzene ring substituents is 1. The van der Waals surface area contributed by atoms with Gasteiger partial charge in [-0.15, -0.1) is 0 Å². The minimum absolute atomic E-state index is 0.0202. The molecule has 0 aromatic heterocycles. The van der Waals surface area contributed by atoms with E-state index >= 15 is 0 Å². The molecule has 2 aromatic carbocycles. The number of halogens is 1. The fraction of sp³-hybridized carbons (Fsp3) is 0.0714. The molecule has 1 amide bonds. The molecule has 20 heavy (non-hydrogen) atoms. The summed E-state index contributed by atoms with van der Waals surface area (Å²) in [6.07, 6.45) is 0.184. The SMILES string of the molecule is O=C(Cc1ccc([N+](=O)[O-])cc1)Nc1cccc(I)c1. The molecule has 0 aliphatic heterocycles. The lowest BCUT2D eigenvalue weighted by molar-refractivity contribution is -0.384. The number of carbonyl (C=O) groups is 1. The van der Waals surface area contributed by atoms with Crippen LogP contribution < -0.4 is 5.32 Å². The van der Waals surface area contributed by atoms with E-state index in [0.29, 0.717) is 0 Å². The van der Waals surface area contributed by atoms with E-state index < -0.39 is 4.92 Å². The van der Waals surface area contributed by atoms with Crippen LogP contribution in [0.25, 0.3) is 0 Å². The molecule has 0 aliphatic carbocycles. The Hall–Kier alpha value is -1.96. The number of carbonyl (C=O) groups excluding carboxylic acids is 1. The normalized spacial score (nSPS) is 10.1. The van der Waals surface area contributed by atoms with Crippen molar-refractivity contribution in [3.05, 3.63) is 67.8 Å². The van der Waals surface area contributed by atoms with Crippen molar-refractivity contribution in [2.24, 2.45) is 0 Å². The average molecular weight is 382 g/mol. The summed E-state index contributed by atoms with van der Waals surface area (Å²) in [7, 11) is 0. The Bertz CT molecular complexity index is 641. The van der Waals surface area contributed by atoms with E-state index in [-0.39, 0.29) is 18.0 Å². The number of nitrogens with one attached hydrogen (secondary N) is 1. The fourth-order valence-electron chi connectivity index (χ4n) is 1.69. The number of nitro groups is 1. The molecule has 0 saturated heterocycles. The smallest absolute Gasteiger partial charge is 0.269 e. The average Bonchev–Trinajstić information content (AvgIpc) is 2.39. The highest BCUT2D eigenvalue weighted by atomic mass is 127. The molecule has 102 valence electrons. The molecule has 2 aromatic rings. The van der Waals surface area contributed by atoms with Crippen LogP contribution in [0, 0.1) is 13.7 Å². The molecular weight excluding hydrogens is 371 g/mol. The monoisotopic (exact) mass is 382 g/mol. The number of rotatable bonds is 4. The van der Waals surface area contributed by atoms with Gasteiger partial charge in [-0.25, -0.2) is 0 Å². The number of nitrogens with zero attached hydrogens (tertiary/aromatic N) is 1. The quantitative estimate of drug-likeness (QED) is 0.501. The van der Waals surface area contributed by atoms with Gasteiger partial charge in [0.15, 0.2) is 0 Å². The van der Waals surface area contributed by atoms with Crippen molar-refractivity contribution in [3.8, 4) is 0 Å². The van der Waals surface area contributed by atoms with Crippen LogP contribution in [0.4, 0.5) is 11.4 Å². The molecule has 6 heteroatoms. The van der Waals surface area contributed by atoms with Gasteiger partial charge in [0.2, 0.25) is 5.91 Å². The third-order valence-electron chi connectivity index (χ3n) is 2.62. The van der Waals surface area contributed by atoms with Crippen molar-refractivity contribution in [1.82, 2.24) is 0 Å². The van der Waals surface area contributed by atoms with Crippen LogP contribution in [-0.2, 0) is 11.2 Å². The highest BCUT2D eigenvalue weighted by Crippen LogP contribution is 2.15. The van der Waals surface area contributed by atoms with Crippen LogP contribution >= 0.6 is 22.6 Å². The zero-order chi connectivity index (χ0) is 14.5. The van der Waals surface area contributed by atoms with E-state index in [2.05, 4.69) is 27.9 Å². The van der Waals surface area contributed by atoms with E-state index in [4.69, 9.17) is 0 Å². The molecular formula is C14H11IN2O3. The van der Waals surface area contributed by atoms with Gasteiger partial charge in [-0.05, 0) is 46.4 Å². The Kier molecular flexibility index (Phi) is 4.67. The lowest BCUT2D eigenvalue weighted by atomic mass is 10.1. The number of anilines is 1. The molecule has 0 bridgehead atoms. The van der Waals surface area contributed by atoms with E-state index in [1.807, 2.05) is 24.3 Å². The molecule has 0 saturated carbocycles. The third kappa shape index (κ3) is 4.02. The molecule has 0 aliphatic rings. The summed E-state index contributed by atoms with van der Waals surface area (Å²) in [5.74, 6) is -0.152. The summed E-state index contributed by atoms with van der Waals surface area (Å²) < 4.78 is 1.04. The molecule has 0 spiro atoms. The second-order valence-electron chi connectivity index (χ2n) is 4.16. The molecule has 0 heterocycles. The summed E-state index contributed by atoms with van der Waals surface area (Å²) in [5, 5.41) is 13.3. The van der Waals surface area contributed by atoms with Gasteiger partial charge in [0.25, 0.3) is 5.69 Å². The molecule has 0 fully saturated rings. The number of amides is 1. The van der Waals surface area contributed by atoms with Crippen LogP contribution in [0.2, 0.25) is 0 Å². The van der Waals surface area contributed by atoms with Crippen LogP contribution in [0.5, 0.6) is 0 Å². The van der Waals surface area contributed by atoms with Gasteiger partial charge < -0.3 is 5.32 Å². The summed E-state index contributed by atoms with van der Waals surface area (Å²) in [4.78, 5) is 21.9. The maximum absolute atomic E-state index is 11.9. The molecule has 5 nitrogen and oxygen atoms in total. The number of nitro benzene ring substituents is 1. The lowest BCUT2D eigenvalue weighted by Gasteiger charge is -2.05. The van der Waals surface area contributed by atoms with E-state index in [1.54, 1.807) is 12.1 Å². The summed E-state index contributed by atoms with van der Waals surface area (Å²) in [6.45, 7) is 0. The van der Waals surface area contributed by atoms with Crippen molar-refractivity contribution in [2.45, 2.75) is 6.42 Å². The van der Waals surface area contributed by atoms with Gasteiger partial charge in [0, 0.05) is 21.4 Å². The molecule has 2 rings (SSSR count). The Labute approximate surface area is 129 Å². The van der Waals surface area contributed by atoms with Crippen LogP contribution in [0.1, 0.15) is 5.56 Å². The predicted molar refractivity (Wildman–Crippen MR) is 84.6 cm³/mol. The summed E-state index contributed by atoms with van der Waals surface area (Å²) >= 11 is 2.17. The maximum Gasteiger partial charge on any atom is 0.269 e. The van der Waals surface area contributed by atoms with Crippen molar-refractivity contribution >= 4 is 39.9 Å². The maximum atomic E-state index is 11.9. The number of benzene rings is 2. The van der Waals surface area contributed by atoms with Crippen molar-refractivity contribution in [1.29, 1.82) is 0 Å². The first-order valence-electron chi connectivity index (χ1n) is 5.83. The zero-order valence-electron chi connectivity index (χ0n) is 10.4. The Morgan fingerprint density at radius 3 is 2.50 bits per heavy atom. The van der Waals surface area contributed by atoms with Crippen LogP contribution in [0.15, 0.2) is 48.5 Å². The molecule has 0 atom stereocenters. The topological polar surface area (TPSA) is 72.2 Å². The van der Waals surface area contributed by atoms with Crippen molar-refractivity contribution < 1.29 is 9.72 Å². The standard InChI is InChI=1S/C14H11IN2O3/c15-11-2-1-3-12(9-11)16-14(18)8-10-4-6-13(7-5-10)17(19)20/h1-7,9H,8H2,(H,16,18). The van der Waals surface area contributed by atoms with Gasteiger partial charge in [-0.1, -0.05) is 18.2 Å². The molecule has 0 radical (unpaired) electrons. The second kappa shape index (κ2) is 6.47. The Balaban J connectivity index is 1.99. The largest absolute Gasteiger partial charge is 0.326 e. The van der Waals surface area contributed by atoms with Crippen molar-refractivity contribution in [3.63, 3.8) is 0 Å². The first-order valence-corrected chi connectivity index (χ1v) is 6.91. The number of hydrogen-bond acceptors (Lipinski definition) is 3. The van der Waals surface area contributed by atoms with Gasteiger partial charge in [-0.3, -0.25) is 14.9 Å². The van der Waals surface area contributed by atoms with Gasteiger partial charge in [0.05, 0.1) is 11.3 Å². The second-order valence-corrected chi connectivity index (χ2v) is 5.40. The minimum atomic E-state index is -0.463. The first kappa shape index (κ1) is 14.4. The highest BCUT2D eigenvalue weighted by molar-refractivity contribution is 14.1. The predicted octanol–water partition coefficient (Wildman–Crippen LogP) is 3.38. The van der Waals surface area contributed by atoms with E-state index in [9.17, 15) is 14.9 Å². The van der Waals surface area contributed by atoms with Gasteiger partial charge in [-0.2, -0.15) is 0 Å². The first-order chi connectivity index (χ1) is 9.54. The summed E-state index contributed by atoms with van der Waals surface area (Å²) in [6, 6.07) is 13.5. The van der Waals surface area contributed by atoms with Crippen LogP contribution in [-0.4, -0.2) is 10.8 Å². The fourth-order valence-corrected chi connectivity index (χ4v) is 2.24. The van der Waals surface area contributed by atoms with Gasteiger partial charge >= 0.3 is 0 Å². The van der Waals surface area contributed by atoms with E-state index in [1.165, 1.54) is 12.1 Å².